The van der Waals surface area contributed by atoms with Crippen LogP contribution in [0, 0.1) is 17.2 Å². The summed E-state index contributed by atoms with van der Waals surface area (Å²) < 4.78 is 12.7. The Balaban J connectivity index is 1.41. The number of unbranched alkanes of at least 4 members (excludes halogenated alkanes) is 1. The number of aromatic nitrogens is 4. The van der Waals surface area contributed by atoms with E-state index in [0.29, 0.717) is 58.7 Å². The minimum atomic E-state index is -2.07. The number of guanidine groups is 1. The molecule has 1 aliphatic rings. The van der Waals surface area contributed by atoms with Gasteiger partial charge in [0.05, 0.1) is 51.3 Å². The van der Waals surface area contributed by atoms with E-state index in [9.17, 15) is 72.5 Å². The molecule has 0 unspecified atom stereocenters. The fourth-order valence-corrected chi connectivity index (χ4v) is 15.9. The lowest BCUT2D eigenvalue weighted by molar-refractivity contribution is -0.141. The molecule has 29 N–H and O–H groups in total. The number of benzene rings is 2. The van der Waals surface area contributed by atoms with Crippen LogP contribution in [0.5, 0.6) is 0 Å². The molecule has 131 heavy (non-hydrogen) atoms. The van der Waals surface area contributed by atoms with E-state index in [-0.39, 0.29) is 70.7 Å². The fraction of sp³-hybridized carbons (Fsp3) is 0.554. The minimum Gasteiger partial charge on any atom is -0.481 e. The van der Waals surface area contributed by atoms with Crippen LogP contribution >= 0.6 is 21.6 Å². The van der Waals surface area contributed by atoms with Crippen LogP contribution in [0.4, 0.5) is 0 Å². The number of nitrogens with one attached hydrogen (secondary N) is 19. The molecule has 46 nitrogen and oxygen atoms in total. The number of nitrogens with zero attached hydrogens (tertiary/aromatic N) is 2. The Bertz CT molecular complexity index is 4740. The molecule has 0 aliphatic carbocycles. The third-order valence-electron chi connectivity index (χ3n) is 21.2. The summed E-state index contributed by atoms with van der Waals surface area (Å²) in [6.45, 7) is 7.71. The van der Waals surface area contributed by atoms with Gasteiger partial charge < -0.3 is 142 Å². The quantitative estimate of drug-likeness (QED) is 0.00754. The van der Waals surface area contributed by atoms with E-state index in [2.05, 4.69) is 100 Å². The lowest BCUT2D eigenvalue weighted by Gasteiger charge is -2.29. The second-order valence-corrected chi connectivity index (χ2v) is 34.5. The van der Waals surface area contributed by atoms with Crippen LogP contribution in [-0.4, -0.2) is 292 Å². The standard InChI is InChI=1S/C83H125N25O21S2/c1-9-44(4)67(85)80(125)105-61-41-131-130-40-60(79(124)107-69(46(6)109)81(126)91-27-28-128-29-30-129-39-65(112)97-53(70(86)115)20-14-15-25-89-7)104-73(118)54(21-16-26-92-83(87)88)98-76(121)58(33-49-36-90-42-95-49)100-71(116)45(5)96-64(111)37-94-72(117)56(31-47-35-93-52-19-12-10-17-50(47)52)101-77(122)59(34-66(113)114)102-74(119)55(23-24-63(84)110)99-75(120)57(103-82(127)68(43(2)3)106-78(61)123)32-48-38-108(8)62-22-13-11-18-51(48)62/h10-13,17-19,22,35-36,38,42-46,53-61,67-69,89,93,109H,9,14-16,20-21,23-34,37,39-41,85H2,1-8H3,(H2,84,110)(H2,86,115)(H,90,95)(H,91,126)(H,94,117)(H,96,111)(H,97,112)(H,98,121)(H,99,120)(H,100,116)(H,101,122)(H,102,119)(H,103,127)(H,104,118)(H,105,125)(H,106,123)(H,107,124)(H,113,114)(H4,87,88,92)/t44-,45-,46+,53-,54-,55-,56-,57-,58-,59-,60-,61-,67-,68-,69-/m0/s1. The van der Waals surface area contributed by atoms with E-state index in [0.717, 1.165) is 28.0 Å². The second kappa shape index (κ2) is 54.9. The number of ether oxygens (including phenoxy) is 2. The maximum Gasteiger partial charge on any atom is 0.305 e. The molecule has 15 atom stereocenters. The summed E-state index contributed by atoms with van der Waals surface area (Å²) in [6, 6.07) is -7.12. The highest BCUT2D eigenvalue weighted by Gasteiger charge is 2.40. The lowest BCUT2D eigenvalue weighted by atomic mass is 9.99. The molecule has 1 aliphatic heterocycles. The number of hydrogen-bond acceptors (Lipinski definition) is 26. The highest BCUT2D eigenvalue weighted by Crippen LogP contribution is 2.26. The Morgan fingerprint density at radius 1 is 0.641 bits per heavy atom. The number of hydrogen-bond donors (Lipinski definition) is 25. The Morgan fingerprint density at radius 3 is 1.91 bits per heavy atom. The number of nitrogens with two attached hydrogens (primary N) is 4. The SMILES string of the molecule is CC[C@H](C)[C@H](N)C(=O)N[C@H]1CSSC[C@@H](C(=O)N[C@H](C(=O)NCCOCCOCC(=O)N[C@@H](CCCCNC)C(N)=O)[C@@H](C)O)NC(=O)[C@H](CCCNC(=N)N)NC(=O)[C@H](Cc2cnc[nH]2)NC(=O)[C@H](C)NC(=O)CNC(=O)[C@H](Cc2c[nH]c3ccccc23)NC(=O)[C@H](CC(=O)O)NC(=O)[C@H](CCC(N)=O)NC(=O)[C@H](Cc2cn(C)c3ccccc23)NC(=O)[C@H](C(C)C)NC1=O. The van der Waals surface area contributed by atoms with Gasteiger partial charge in [-0.05, 0) is 101 Å². The van der Waals surface area contributed by atoms with Crippen molar-refractivity contribution in [3.05, 3.63) is 90.3 Å². The van der Waals surface area contributed by atoms with Gasteiger partial charge >= 0.3 is 5.97 Å². The van der Waals surface area contributed by atoms with Crippen LogP contribution in [-0.2, 0) is 117 Å². The van der Waals surface area contributed by atoms with E-state index >= 15 is 19.2 Å². The summed E-state index contributed by atoms with van der Waals surface area (Å²) in [7, 11) is 5.17. The topological polar surface area (TPSA) is 719 Å². The normalized spacial score (nSPS) is 21.4. The fourth-order valence-electron chi connectivity index (χ4n) is 13.6. The number of aliphatic hydroxyl groups excluding tert-OH is 1. The Labute approximate surface area is 763 Å². The molecule has 0 radical (unpaired) electrons. The predicted molar refractivity (Wildman–Crippen MR) is 483 cm³/mol. The van der Waals surface area contributed by atoms with Crippen molar-refractivity contribution in [2.75, 3.05) is 71.2 Å². The number of carbonyl (C=O) groups excluding carboxylic acids is 16. The molecule has 5 aromatic rings. The highest BCUT2D eigenvalue weighted by atomic mass is 33.1. The number of imidazole rings is 1. The summed E-state index contributed by atoms with van der Waals surface area (Å²) >= 11 is 0. The van der Waals surface area contributed by atoms with Gasteiger partial charge in [0.1, 0.15) is 79.1 Å². The van der Waals surface area contributed by atoms with Gasteiger partial charge in [0.2, 0.25) is 94.5 Å². The Morgan fingerprint density at radius 2 is 1.25 bits per heavy atom. The first-order chi connectivity index (χ1) is 62.3. The van der Waals surface area contributed by atoms with Crippen molar-refractivity contribution in [1.29, 1.82) is 5.41 Å². The highest BCUT2D eigenvalue weighted by molar-refractivity contribution is 8.76. The maximum atomic E-state index is 15.2. The first-order valence-corrected chi connectivity index (χ1v) is 45.4. The Kier molecular flexibility index (Phi) is 44.9. The molecule has 16 amide bonds. The van der Waals surface area contributed by atoms with E-state index in [1.807, 2.05) is 0 Å². The number of carboxylic acids is 1. The molecular weight excluding hydrogens is 1750 g/mol. The number of aryl methyl sites for hydroxylation is 1. The van der Waals surface area contributed by atoms with Crippen LogP contribution in [0.25, 0.3) is 21.8 Å². The summed E-state index contributed by atoms with van der Waals surface area (Å²) in [6.07, 6.45) is 2.52. The zero-order valence-corrected chi connectivity index (χ0v) is 76.0. The number of carboxylic acid groups (broad SMARTS) is 1. The van der Waals surface area contributed by atoms with Gasteiger partial charge in [-0.2, -0.15) is 0 Å². The van der Waals surface area contributed by atoms with Gasteiger partial charge in [-0.3, -0.25) is 86.9 Å². The van der Waals surface area contributed by atoms with Gasteiger partial charge in [0.15, 0.2) is 5.96 Å². The lowest BCUT2D eigenvalue weighted by Crippen LogP contribution is -2.61. The number of primary amides is 2. The number of aliphatic hydroxyl groups is 1. The minimum absolute atomic E-state index is 0.0265. The number of carbonyl (C=O) groups is 17. The molecule has 4 heterocycles. The van der Waals surface area contributed by atoms with Crippen LogP contribution in [0.2, 0.25) is 0 Å². The number of fused-ring (bicyclic) bond motifs is 2. The second-order valence-electron chi connectivity index (χ2n) is 31.9. The van der Waals surface area contributed by atoms with E-state index in [1.165, 1.54) is 32.6 Å². The number of rotatable bonds is 39. The first kappa shape index (κ1) is 107. The number of H-pyrrole nitrogens is 2. The predicted octanol–water partition coefficient (Wildman–Crippen LogP) is -5.80. The van der Waals surface area contributed by atoms with Crippen molar-refractivity contribution in [2.45, 2.75) is 203 Å². The zero-order chi connectivity index (χ0) is 96.6. The van der Waals surface area contributed by atoms with E-state index in [4.69, 9.17) is 37.8 Å². The summed E-state index contributed by atoms with van der Waals surface area (Å²) in [5.74, 6) is -20.3. The molecule has 3 aromatic heterocycles. The van der Waals surface area contributed by atoms with Crippen molar-refractivity contribution in [2.24, 2.45) is 41.8 Å². The number of para-hydroxylation sites is 2. The van der Waals surface area contributed by atoms with E-state index < -0.39 is 247 Å². The van der Waals surface area contributed by atoms with Gasteiger partial charge in [-0.15, -0.1) is 0 Å². The van der Waals surface area contributed by atoms with Crippen molar-refractivity contribution in [3.8, 4) is 0 Å². The smallest absolute Gasteiger partial charge is 0.305 e. The molecule has 2 aromatic carbocycles. The molecule has 48 heteroatoms. The molecule has 720 valence electrons. The molecule has 1 saturated heterocycles. The third-order valence-corrected chi connectivity index (χ3v) is 23.6. The largest absolute Gasteiger partial charge is 0.481 e. The average Bonchev–Trinajstić information content (AvgIpc) is 1.66. The van der Waals surface area contributed by atoms with Crippen molar-refractivity contribution < 1.29 is 101 Å². The van der Waals surface area contributed by atoms with Crippen molar-refractivity contribution in [1.82, 2.24) is 105 Å². The molecule has 0 spiro atoms. The third kappa shape index (κ3) is 36.1. The first-order valence-electron chi connectivity index (χ1n) is 42.9. The number of aliphatic carboxylic acids is 1. The summed E-state index contributed by atoms with van der Waals surface area (Å²) in [5.41, 5.74) is 25.6. The van der Waals surface area contributed by atoms with Crippen LogP contribution in [0.15, 0.2) is 73.4 Å². The monoisotopic (exact) mass is 1870 g/mol. The van der Waals surface area contributed by atoms with Crippen molar-refractivity contribution in [3.63, 3.8) is 0 Å². The van der Waals surface area contributed by atoms with Crippen LogP contribution < -0.4 is 108 Å². The van der Waals surface area contributed by atoms with Gasteiger partial charge in [-0.25, -0.2) is 4.98 Å². The molecular formula is C83H125N25O21S2. The number of amides is 16. The Hall–Kier alpha value is -12.5. The van der Waals surface area contributed by atoms with Crippen molar-refractivity contribution >= 4 is 150 Å². The number of aromatic amines is 2. The molecule has 6 rings (SSSR count). The average molecular weight is 1870 g/mol. The van der Waals surface area contributed by atoms with Gasteiger partial charge in [0.25, 0.3) is 0 Å². The summed E-state index contributed by atoms with van der Waals surface area (Å²) in [4.78, 5) is 251. The molecule has 1 fully saturated rings. The van der Waals surface area contributed by atoms with Gasteiger partial charge in [0, 0.05) is 103 Å². The van der Waals surface area contributed by atoms with Crippen LogP contribution in [0.1, 0.15) is 116 Å². The van der Waals surface area contributed by atoms with E-state index in [1.54, 1.807) is 101 Å². The van der Waals surface area contributed by atoms with Gasteiger partial charge in [-0.1, -0.05) is 92.1 Å². The summed E-state index contributed by atoms with van der Waals surface area (Å²) in [5, 5.41) is 71.7. The van der Waals surface area contributed by atoms with Crippen LogP contribution in [0.3, 0.4) is 0 Å². The molecule has 0 saturated carbocycles. The molecule has 0 bridgehead atoms. The zero-order valence-electron chi connectivity index (χ0n) is 74.4. The maximum absolute atomic E-state index is 15.2.